The van der Waals surface area contributed by atoms with Crippen LogP contribution in [0.4, 0.5) is 13.2 Å². The normalized spacial score (nSPS) is 11.4. The monoisotopic (exact) mass is 252 g/mol. The van der Waals surface area contributed by atoms with E-state index >= 15 is 0 Å². The zero-order valence-corrected chi connectivity index (χ0v) is 7.82. The van der Waals surface area contributed by atoms with E-state index in [1.807, 2.05) is 0 Å². The average molecular weight is 253 g/mol. The van der Waals surface area contributed by atoms with Gasteiger partial charge in [-0.3, -0.25) is 4.79 Å². The minimum atomic E-state index is -4.40. The molecule has 0 aliphatic carbocycles. The van der Waals surface area contributed by atoms with Gasteiger partial charge in [0.25, 0.3) is 0 Å². The molecule has 13 heavy (non-hydrogen) atoms. The maximum absolute atomic E-state index is 12.1. The van der Waals surface area contributed by atoms with Crippen LogP contribution < -0.4 is 0 Å². The third-order valence-electron chi connectivity index (χ3n) is 1.42. The van der Waals surface area contributed by atoms with Gasteiger partial charge in [-0.05, 0) is 28.1 Å². The van der Waals surface area contributed by atoms with Gasteiger partial charge in [0, 0.05) is 5.56 Å². The molecule has 0 amide bonds. The van der Waals surface area contributed by atoms with Crippen LogP contribution in [0, 0.1) is 0 Å². The zero-order valence-electron chi connectivity index (χ0n) is 6.23. The zero-order chi connectivity index (χ0) is 10.1. The molecule has 0 fully saturated rings. The lowest BCUT2D eigenvalue weighted by Gasteiger charge is -2.06. The quantitative estimate of drug-likeness (QED) is 0.702. The first-order chi connectivity index (χ1) is 5.91. The van der Waals surface area contributed by atoms with Gasteiger partial charge < -0.3 is 0 Å². The van der Waals surface area contributed by atoms with E-state index in [-0.39, 0.29) is 5.56 Å². The van der Waals surface area contributed by atoms with Crippen molar-refractivity contribution < 1.29 is 18.0 Å². The van der Waals surface area contributed by atoms with Crippen molar-refractivity contribution in [1.82, 2.24) is 0 Å². The standard InChI is InChI=1S/C8H4BrF3O/c9-7(13)5-2-1-3-6(4-5)8(10,11)12/h1-4H. The van der Waals surface area contributed by atoms with Crippen LogP contribution in [-0.2, 0) is 6.18 Å². The highest BCUT2D eigenvalue weighted by atomic mass is 79.9. The first-order valence-electron chi connectivity index (χ1n) is 3.28. The Balaban J connectivity index is 3.13. The number of carbonyl (C=O) groups is 1. The molecule has 0 N–H and O–H groups in total. The molecule has 1 aromatic carbocycles. The van der Waals surface area contributed by atoms with Crippen molar-refractivity contribution in [2.75, 3.05) is 0 Å². The van der Waals surface area contributed by atoms with Crippen LogP contribution in [0.25, 0.3) is 0 Å². The fourth-order valence-corrected chi connectivity index (χ4v) is 1.06. The second-order valence-electron chi connectivity index (χ2n) is 2.35. The third-order valence-corrected chi connectivity index (χ3v) is 1.87. The minimum Gasteiger partial charge on any atom is -0.281 e. The Morgan fingerprint density at radius 3 is 2.38 bits per heavy atom. The summed E-state index contributed by atoms with van der Waals surface area (Å²) in [6, 6.07) is 4.22. The van der Waals surface area contributed by atoms with E-state index in [1.54, 1.807) is 0 Å². The predicted octanol–water partition coefficient (Wildman–Crippen LogP) is 3.24. The number of halogens is 4. The van der Waals surface area contributed by atoms with Crippen molar-refractivity contribution in [3.05, 3.63) is 35.4 Å². The number of rotatable bonds is 1. The summed E-state index contributed by atoms with van der Waals surface area (Å²) >= 11 is 2.58. The molecule has 1 nitrogen and oxygen atoms in total. The Morgan fingerprint density at radius 1 is 1.31 bits per heavy atom. The Labute approximate surface area is 80.7 Å². The van der Waals surface area contributed by atoms with Gasteiger partial charge in [-0.1, -0.05) is 12.1 Å². The Hall–Kier alpha value is -0.840. The van der Waals surface area contributed by atoms with Gasteiger partial charge in [0.1, 0.15) is 0 Å². The fourth-order valence-electron chi connectivity index (χ4n) is 0.818. The van der Waals surface area contributed by atoms with Gasteiger partial charge in [0.05, 0.1) is 5.56 Å². The van der Waals surface area contributed by atoms with Crippen LogP contribution in [0.1, 0.15) is 15.9 Å². The molecule has 1 rings (SSSR count). The van der Waals surface area contributed by atoms with Crippen molar-refractivity contribution in [1.29, 1.82) is 0 Å². The fraction of sp³-hybridized carbons (Fsp3) is 0.125. The Morgan fingerprint density at radius 2 is 1.92 bits per heavy atom. The van der Waals surface area contributed by atoms with E-state index in [0.717, 1.165) is 12.1 Å². The van der Waals surface area contributed by atoms with Crippen LogP contribution in [0.2, 0.25) is 0 Å². The summed E-state index contributed by atoms with van der Waals surface area (Å²) in [5.41, 5.74) is -0.826. The lowest BCUT2D eigenvalue weighted by molar-refractivity contribution is -0.137. The third kappa shape index (κ3) is 2.55. The molecule has 0 saturated heterocycles. The summed E-state index contributed by atoms with van der Waals surface area (Å²) in [6.45, 7) is 0. The van der Waals surface area contributed by atoms with Crippen LogP contribution in [-0.4, -0.2) is 4.69 Å². The molecular formula is C8H4BrF3O. The van der Waals surface area contributed by atoms with Crippen molar-refractivity contribution in [3.8, 4) is 0 Å². The molecule has 0 aromatic heterocycles. The summed E-state index contributed by atoms with van der Waals surface area (Å²) in [7, 11) is 0. The molecule has 5 heteroatoms. The Bertz CT molecular complexity index is 332. The summed E-state index contributed by atoms with van der Waals surface area (Å²) in [4.78, 5) is 10.7. The summed E-state index contributed by atoms with van der Waals surface area (Å²) in [6.07, 6.45) is -4.40. The smallest absolute Gasteiger partial charge is 0.281 e. The number of carbonyl (C=O) groups excluding carboxylic acids is 1. The number of hydrogen-bond acceptors (Lipinski definition) is 1. The van der Waals surface area contributed by atoms with Gasteiger partial charge in [-0.15, -0.1) is 0 Å². The lowest BCUT2D eigenvalue weighted by atomic mass is 10.1. The van der Waals surface area contributed by atoms with Crippen molar-refractivity contribution >= 4 is 20.6 Å². The van der Waals surface area contributed by atoms with Crippen molar-refractivity contribution in [3.63, 3.8) is 0 Å². The SMILES string of the molecule is O=C(Br)c1cccc(C(F)(F)F)c1. The van der Waals surface area contributed by atoms with Crippen molar-refractivity contribution in [2.24, 2.45) is 0 Å². The summed E-state index contributed by atoms with van der Waals surface area (Å²) in [5.74, 6) is 0. The summed E-state index contributed by atoms with van der Waals surface area (Å²) < 4.78 is 35.8. The van der Waals surface area contributed by atoms with Crippen LogP contribution in [0.3, 0.4) is 0 Å². The molecule has 70 valence electrons. The molecule has 0 radical (unpaired) electrons. The van der Waals surface area contributed by atoms with E-state index in [4.69, 9.17) is 0 Å². The van der Waals surface area contributed by atoms with Crippen LogP contribution in [0.5, 0.6) is 0 Å². The molecule has 0 unspecified atom stereocenters. The van der Waals surface area contributed by atoms with Gasteiger partial charge in [0.15, 0.2) is 0 Å². The largest absolute Gasteiger partial charge is 0.416 e. The average Bonchev–Trinajstić information content (AvgIpc) is 2.03. The highest BCUT2D eigenvalue weighted by Crippen LogP contribution is 2.29. The molecule has 0 heterocycles. The van der Waals surface area contributed by atoms with Gasteiger partial charge in [-0.25, -0.2) is 0 Å². The molecular weight excluding hydrogens is 249 g/mol. The maximum Gasteiger partial charge on any atom is 0.416 e. The molecule has 0 atom stereocenters. The molecule has 0 aliphatic rings. The van der Waals surface area contributed by atoms with E-state index in [0.29, 0.717) is 0 Å². The topological polar surface area (TPSA) is 17.1 Å². The van der Waals surface area contributed by atoms with Gasteiger partial charge in [0.2, 0.25) is 4.69 Å². The van der Waals surface area contributed by atoms with Crippen LogP contribution >= 0.6 is 15.9 Å². The minimum absolute atomic E-state index is 0.00479. The van der Waals surface area contributed by atoms with E-state index < -0.39 is 16.4 Å². The Kier molecular flexibility index (Phi) is 2.75. The number of alkyl halides is 3. The molecule has 0 spiro atoms. The predicted molar refractivity (Wildman–Crippen MR) is 44.7 cm³/mol. The van der Waals surface area contributed by atoms with E-state index in [9.17, 15) is 18.0 Å². The van der Waals surface area contributed by atoms with Gasteiger partial charge >= 0.3 is 6.18 Å². The van der Waals surface area contributed by atoms with E-state index in [1.165, 1.54) is 12.1 Å². The molecule has 0 saturated carbocycles. The van der Waals surface area contributed by atoms with Crippen molar-refractivity contribution in [2.45, 2.75) is 6.18 Å². The first kappa shape index (κ1) is 10.2. The summed E-state index contributed by atoms with van der Waals surface area (Å²) in [5, 5.41) is 0. The molecule has 0 bridgehead atoms. The van der Waals surface area contributed by atoms with E-state index in [2.05, 4.69) is 15.9 Å². The number of hydrogen-bond donors (Lipinski definition) is 0. The highest BCUT2D eigenvalue weighted by molar-refractivity contribution is 9.18. The number of benzene rings is 1. The van der Waals surface area contributed by atoms with Crippen LogP contribution in [0.15, 0.2) is 24.3 Å². The lowest BCUT2D eigenvalue weighted by Crippen LogP contribution is -2.05. The molecule has 1 aromatic rings. The first-order valence-corrected chi connectivity index (χ1v) is 4.07. The van der Waals surface area contributed by atoms with Gasteiger partial charge in [-0.2, -0.15) is 13.2 Å². The second kappa shape index (κ2) is 3.49. The second-order valence-corrected chi connectivity index (χ2v) is 3.07. The highest BCUT2D eigenvalue weighted by Gasteiger charge is 2.30. The maximum atomic E-state index is 12.1. The molecule has 0 aliphatic heterocycles.